The van der Waals surface area contributed by atoms with Gasteiger partial charge in [-0.15, -0.1) is 0 Å². The molecular formula is C11H13NO2. The summed E-state index contributed by atoms with van der Waals surface area (Å²) in [4.78, 5) is 11.6. The number of hydrogen-bond acceptors (Lipinski definition) is 3. The maximum atomic E-state index is 11.6. The average molecular weight is 191 g/mol. The summed E-state index contributed by atoms with van der Waals surface area (Å²) < 4.78 is 5.16. The first-order valence-electron chi connectivity index (χ1n) is 4.85. The van der Waals surface area contributed by atoms with E-state index >= 15 is 0 Å². The number of carbonyl (C=O) groups is 1. The van der Waals surface area contributed by atoms with Crippen molar-refractivity contribution >= 4 is 11.5 Å². The highest BCUT2D eigenvalue weighted by Gasteiger charge is 2.19. The number of Topliss-reactive ketones (excluding diaryl/α,β-unsaturated/α-hetero) is 1. The average Bonchev–Trinajstić information content (AvgIpc) is 2.70. The van der Waals surface area contributed by atoms with Gasteiger partial charge in [-0.1, -0.05) is 0 Å². The molecule has 14 heavy (non-hydrogen) atoms. The standard InChI is InChI=1S/C11H13NO2/c12-11(10-6-3-7-14-10)8-4-1-2-5-9(8)13/h3,6-7H,1-2,4-5,12H2/b11-8-. The molecule has 1 aliphatic rings. The monoisotopic (exact) mass is 191 g/mol. The van der Waals surface area contributed by atoms with Gasteiger partial charge in [-0.25, -0.2) is 0 Å². The first-order chi connectivity index (χ1) is 6.79. The van der Waals surface area contributed by atoms with Crippen molar-refractivity contribution in [3.63, 3.8) is 0 Å². The van der Waals surface area contributed by atoms with Gasteiger partial charge >= 0.3 is 0 Å². The van der Waals surface area contributed by atoms with Crippen LogP contribution in [0.15, 0.2) is 28.4 Å². The Balaban J connectivity index is 2.33. The highest BCUT2D eigenvalue weighted by molar-refractivity contribution is 6.02. The molecule has 2 rings (SSSR count). The van der Waals surface area contributed by atoms with Crippen molar-refractivity contribution in [3.8, 4) is 0 Å². The van der Waals surface area contributed by atoms with Crippen LogP contribution in [0.3, 0.4) is 0 Å². The van der Waals surface area contributed by atoms with E-state index in [1.165, 1.54) is 0 Å². The molecule has 0 saturated heterocycles. The van der Waals surface area contributed by atoms with E-state index < -0.39 is 0 Å². The third-order valence-electron chi connectivity index (χ3n) is 2.53. The van der Waals surface area contributed by atoms with Crippen molar-refractivity contribution in [2.45, 2.75) is 25.7 Å². The fourth-order valence-electron chi connectivity index (χ4n) is 1.74. The summed E-state index contributed by atoms with van der Waals surface area (Å²) in [5, 5.41) is 0. The topological polar surface area (TPSA) is 56.2 Å². The minimum atomic E-state index is 0.171. The molecule has 1 fully saturated rings. The largest absolute Gasteiger partial charge is 0.463 e. The van der Waals surface area contributed by atoms with E-state index in [1.54, 1.807) is 18.4 Å². The maximum Gasteiger partial charge on any atom is 0.161 e. The molecule has 1 aliphatic carbocycles. The predicted octanol–water partition coefficient (Wildman–Crippen LogP) is 2.09. The third kappa shape index (κ3) is 1.58. The van der Waals surface area contributed by atoms with Gasteiger partial charge in [0.05, 0.1) is 12.0 Å². The molecule has 0 spiro atoms. The SMILES string of the molecule is N/C(=C1/CCCCC1=O)c1ccco1. The van der Waals surface area contributed by atoms with E-state index in [-0.39, 0.29) is 5.78 Å². The van der Waals surface area contributed by atoms with Crippen LogP contribution in [0.2, 0.25) is 0 Å². The summed E-state index contributed by atoms with van der Waals surface area (Å²) >= 11 is 0. The molecule has 1 heterocycles. The Labute approximate surface area is 82.6 Å². The van der Waals surface area contributed by atoms with Crippen molar-refractivity contribution in [1.29, 1.82) is 0 Å². The number of rotatable bonds is 1. The summed E-state index contributed by atoms with van der Waals surface area (Å²) in [6.45, 7) is 0. The van der Waals surface area contributed by atoms with Gasteiger partial charge in [0.2, 0.25) is 0 Å². The maximum absolute atomic E-state index is 11.6. The van der Waals surface area contributed by atoms with Gasteiger partial charge in [0, 0.05) is 12.0 Å². The molecule has 3 heteroatoms. The lowest BCUT2D eigenvalue weighted by Crippen LogP contribution is -2.14. The van der Waals surface area contributed by atoms with Gasteiger partial charge in [0.1, 0.15) is 5.76 Å². The predicted molar refractivity (Wildman–Crippen MR) is 53.3 cm³/mol. The van der Waals surface area contributed by atoms with Gasteiger partial charge in [0.25, 0.3) is 0 Å². The Morgan fingerprint density at radius 3 is 2.79 bits per heavy atom. The van der Waals surface area contributed by atoms with Crippen molar-refractivity contribution in [1.82, 2.24) is 0 Å². The molecule has 2 N–H and O–H groups in total. The van der Waals surface area contributed by atoms with Crippen LogP contribution in [0.4, 0.5) is 0 Å². The molecule has 3 nitrogen and oxygen atoms in total. The lowest BCUT2D eigenvalue weighted by atomic mass is 9.91. The second-order valence-electron chi connectivity index (χ2n) is 3.50. The third-order valence-corrected chi connectivity index (χ3v) is 2.53. The molecule has 1 saturated carbocycles. The summed E-state index contributed by atoms with van der Waals surface area (Å²) in [7, 11) is 0. The Morgan fingerprint density at radius 1 is 1.36 bits per heavy atom. The highest BCUT2D eigenvalue weighted by atomic mass is 16.3. The Hall–Kier alpha value is -1.51. The summed E-state index contributed by atoms with van der Waals surface area (Å²) in [5.74, 6) is 0.778. The molecule has 0 aromatic carbocycles. The van der Waals surface area contributed by atoms with Gasteiger partial charge < -0.3 is 10.2 Å². The van der Waals surface area contributed by atoms with E-state index in [1.807, 2.05) is 0 Å². The molecule has 74 valence electrons. The van der Waals surface area contributed by atoms with Crippen LogP contribution in [0.1, 0.15) is 31.4 Å². The van der Waals surface area contributed by atoms with Crippen LogP contribution in [-0.4, -0.2) is 5.78 Å². The quantitative estimate of drug-likeness (QED) is 0.691. The smallest absolute Gasteiger partial charge is 0.161 e. The normalized spacial score (nSPS) is 21.0. The molecule has 1 aromatic heterocycles. The van der Waals surface area contributed by atoms with Crippen molar-refractivity contribution in [2.24, 2.45) is 5.73 Å². The molecule has 0 atom stereocenters. The Bertz CT molecular complexity index is 363. The zero-order chi connectivity index (χ0) is 9.97. The lowest BCUT2D eigenvalue weighted by molar-refractivity contribution is -0.116. The van der Waals surface area contributed by atoms with E-state index in [2.05, 4.69) is 0 Å². The van der Waals surface area contributed by atoms with Crippen molar-refractivity contribution in [2.75, 3.05) is 0 Å². The summed E-state index contributed by atoms with van der Waals surface area (Å²) in [5.41, 5.74) is 7.13. The molecule has 0 aliphatic heterocycles. The zero-order valence-electron chi connectivity index (χ0n) is 7.95. The van der Waals surface area contributed by atoms with Crippen LogP contribution < -0.4 is 5.73 Å². The van der Waals surface area contributed by atoms with Crippen LogP contribution in [0.5, 0.6) is 0 Å². The van der Waals surface area contributed by atoms with Crippen LogP contribution in [0, 0.1) is 0 Å². The van der Waals surface area contributed by atoms with Crippen molar-refractivity contribution < 1.29 is 9.21 Å². The second-order valence-corrected chi connectivity index (χ2v) is 3.50. The van der Waals surface area contributed by atoms with E-state index in [9.17, 15) is 4.79 Å². The molecule has 1 aromatic rings. The summed E-state index contributed by atoms with van der Waals surface area (Å²) in [6.07, 6.45) is 4.99. The number of ketones is 1. The first kappa shape index (κ1) is 9.06. The molecule has 0 amide bonds. The fourth-order valence-corrected chi connectivity index (χ4v) is 1.74. The Morgan fingerprint density at radius 2 is 2.14 bits per heavy atom. The molecule has 0 unspecified atom stereocenters. The Kier molecular flexibility index (Phi) is 2.39. The summed E-state index contributed by atoms with van der Waals surface area (Å²) in [6, 6.07) is 3.56. The van der Waals surface area contributed by atoms with E-state index in [0.29, 0.717) is 17.9 Å². The highest BCUT2D eigenvalue weighted by Crippen LogP contribution is 2.25. The molecular weight excluding hydrogens is 178 g/mol. The number of hydrogen-bond donors (Lipinski definition) is 1. The van der Waals surface area contributed by atoms with Crippen molar-refractivity contribution in [3.05, 3.63) is 29.7 Å². The van der Waals surface area contributed by atoms with Crippen LogP contribution in [-0.2, 0) is 4.79 Å². The number of nitrogens with two attached hydrogens (primary N) is 1. The minimum absolute atomic E-state index is 0.171. The van der Waals surface area contributed by atoms with Gasteiger partial charge in [0.15, 0.2) is 5.78 Å². The van der Waals surface area contributed by atoms with E-state index in [0.717, 1.165) is 24.8 Å². The van der Waals surface area contributed by atoms with Gasteiger partial charge in [-0.2, -0.15) is 0 Å². The van der Waals surface area contributed by atoms with Crippen LogP contribution in [0.25, 0.3) is 5.70 Å². The number of carbonyl (C=O) groups excluding carboxylic acids is 1. The molecule has 0 bridgehead atoms. The minimum Gasteiger partial charge on any atom is -0.463 e. The van der Waals surface area contributed by atoms with Crippen LogP contribution >= 0.6 is 0 Å². The van der Waals surface area contributed by atoms with Gasteiger partial charge in [-0.3, -0.25) is 4.79 Å². The number of allylic oxidation sites excluding steroid dienone is 1. The molecule has 0 radical (unpaired) electrons. The first-order valence-corrected chi connectivity index (χ1v) is 4.85. The second kappa shape index (κ2) is 3.70. The van der Waals surface area contributed by atoms with E-state index in [4.69, 9.17) is 10.2 Å². The number of furan rings is 1. The zero-order valence-corrected chi connectivity index (χ0v) is 7.95. The lowest BCUT2D eigenvalue weighted by Gasteiger charge is -2.14. The fraction of sp³-hybridized carbons (Fsp3) is 0.364. The van der Waals surface area contributed by atoms with Gasteiger partial charge in [-0.05, 0) is 31.4 Å².